The minimum atomic E-state index is -3.38. The van der Waals surface area contributed by atoms with Crippen LogP contribution >= 0.6 is 23.7 Å². The van der Waals surface area contributed by atoms with Crippen LogP contribution in [0.15, 0.2) is 11.0 Å². The summed E-state index contributed by atoms with van der Waals surface area (Å²) in [6, 6.07) is 1.77. The molecule has 118 valence electrons. The smallest absolute Gasteiger partial charge is 0.243 e. The van der Waals surface area contributed by atoms with Gasteiger partial charge in [0.15, 0.2) is 0 Å². The van der Waals surface area contributed by atoms with E-state index >= 15 is 0 Å². The van der Waals surface area contributed by atoms with Gasteiger partial charge in [0.1, 0.15) is 0 Å². The van der Waals surface area contributed by atoms with Crippen molar-refractivity contribution in [1.29, 1.82) is 0 Å². The lowest BCUT2D eigenvalue weighted by molar-refractivity contribution is 0.397. The fourth-order valence-electron chi connectivity index (χ4n) is 1.82. The normalized spacial score (nSPS) is 13.6. The van der Waals surface area contributed by atoms with Crippen molar-refractivity contribution in [3.63, 3.8) is 0 Å². The first-order chi connectivity index (χ1) is 8.66. The number of sulfonamides is 1. The Morgan fingerprint density at radius 2 is 1.90 bits per heavy atom. The molecule has 0 aliphatic rings. The van der Waals surface area contributed by atoms with Gasteiger partial charge < -0.3 is 5.73 Å². The van der Waals surface area contributed by atoms with Crippen LogP contribution in [0, 0.1) is 19.8 Å². The lowest BCUT2D eigenvalue weighted by Gasteiger charge is -2.21. The molecule has 7 heteroatoms. The fourth-order valence-corrected chi connectivity index (χ4v) is 4.52. The van der Waals surface area contributed by atoms with E-state index in [0.717, 1.165) is 9.75 Å². The van der Waals surface area contributed by atoms with Crippen molar-refractivity contribution in [2.24, 2.45) is 11.7 Å². The van der Waals surface area contributed by atoms with Crippen LogP contribution in [0.3, 0.4) is 0 Å². The standard InChI is InChI=1S/C13H24N2O2S2.ClH/c1-9(2)12(14)6-7-15(5)19(16,17)13-8-10(3)18-11(13)4;/h8-9,12H,6-7,14H2,1-5H3;1H. The lowest BCUT2D eigenvalue weighted by atomic mass is 10.0. The zero-order chi connectivity index (χ0) is 14.8. The van der Waals surface area contributed by atoms with E-state index in [1.807, 2.05) is 27.7 Å². The fraction of sp³-hybridized carbons (Fsp3) is 0.692. The maximum atomic E-state index is 12.4. The van der Waals surface area contributed by atoms with Crippen molar-refractivity contribution in [2.75, 3.05) is 13.6 Å². The molecule has 0 bridgehead atoms. The van der Waals surface area contributed by atoms with E-state index in [1.165, 1.54) is 15.6 Å². The van der Waals surface area contributed by atoms with Crippen LogP contribution in [0.2, 0.25) is 0 Å². The third-order valence-corrected chi connectivity index (χ3v) is 6.40. The van der Waals surface area contributed by atoms with Crippen molar-refractivity contribution < 1.29 is 8.42 Å². The predicted molar refractivity (Wildman–Crippen MR) is 88.3 cm³/mol. The summed E-state index contributed by atoms with van der Waals surface area (Å²) in [7, 11) is -1.76. The largest absolute Gasteiger partial charge is 0.327 e. The van der Waals surface area contributed by atoms with Crippen LogP contribution in [0.25, 0.3) is 0 Å². The number of thiophene rings is 1. The SMILES string of the molecule is Cc1cc(S(=O)(=O)N(C)CCC(N)C(C)C)c(C)s1.Cl. The summed E-state index contributed by atoms with van der Waals surface area (Å²) in [6.07, 6.45) is 0.676. The molecule has 20 heavy (non-hydrogen) atoms. The molecule has 1 rings (SSSR count). The predicted octanol–water partition coefficient (Wildman–Crippen LogP) is 2.78. The Bertz CT molecular complexity index is 526. The van der Waals surface area contributed by atoms with E-state index in [0.29, 0.717) is 23.8 Å². The van der Waals surface area contributed by atoms with E-state index in [1.54, 1.807) is 13.1 Å². The third-order valence-electron chi connectivity index (χ3n) is 3.32. The molecule has 0 aliphatic carbocycles. The van der Waals surface area contributed by atoms with E-state index in [-0.39, 0.29) is 18.4 Å². The van der Waals surface area contributed by atoms with Crippen LogP contribution in [-0.2, 0) is 10.0 Å². The zero-order valence-electron chi connectivity index (χ0n) is 12.7. The Morgan fingerprint density at radius 1 is 1.35 bits per heavy atom. The Kier molecular flexibility index (Phi) is 7.70. The molecule has 0 aromatic carbocycles. The number of rotatable bonds is 6. The molecule has 1 unspecified atom stereocenters. The lowest BCUT2D eigenvalue weighted by Crippen LogP contribution is -2.34. The Hall–Kier alpha value is -0.140. The Labute approximate surface area is 132 Å². The molecule has 0 aliphatic heterocycles. The minimum Gasteiger partial charge on any atom is -0.327 e. The first-order valence-electron chi connectivity index (χ1n) is 6.45. The summed E-state index contributed by atoms with van der Waals surface area (Å²) in [5.74, 6) is 0.362. The Morgan fingerprint density at radius 3 is 2.30 bits per heavy atom. The van der Waals surface area contributed by atoms with Gasteiger partial charge in [-0.2, -0.15) is 0 Å². The van der Waals surface area contributed by atoms with Crippen molar-refractivity contribution >= 4 is 33.8 Å². The quantitative estimate of drug-likeness (QED) is 0.866. The first-order valence-corrected chi connectivity index (χ1v) is 8.71. The highest BCUT2D eigenvalue weighted by atomic mass is 35.5. The van der Waals surface area contributed by atoms with Crippen LogP contribution in [0.1, 0.15) is 30.0 Å². The third kappa shape index (κ3) is 4.70. The molecule has 4 nitrogen and oxygen atoms in total. The van der Waals surface area contributed by atoms with E-state index < -0.39 is 10.0 Å². The number of nitrogens with two attached hydrogens (primary N) is 1. The van der Waals surface area contributed by atoms with Gasteiger partial charge in [-0.1, -0.05) is 13.8 Å². The van der Waals surface area contributed by atoms with Crippen LogP contribution in [0.5, 0.6) is 0 Å². The zero-order valence-corrected chi connectivity index (χ0v) is 15.2. The van der Waals surface area contributed by atoms with Gasteiger partial charge in [-0.05, 0) is 32.3 Å². The molecule has 1 aromatic heterocycles. The number of halogens is 1. The summed E-state index contributed by atoms with van der Waals surface area (Å²) >= 11 is 1.51. The highest BCUT2D eigenvalue weighted by molar-refractivity contribution is 7.89. The van der Waals surface area contributed by atoms with Gasteiger partial charge in [0.2, 0.25) is 10.0 Å². The highest BCUT2D eigenvalue weighted by Gasteiger charge is 2.24. The van der Waals surface area contributed by atoms with Gasteiger partial charge >= 0.3 is 0 Å². The van der Waals surface area contributed by atoms with Gasteiger partial charge in [-0.3, -0.25) is 0 Å². The molecule has 0 saturated carbocycles. The molecule has 0 saturated heterocycles. The minimum absolute atomic E-state index is 0. The van der Waals surface area contributed by atoms with Crippen LogP contribution in [-0.4, -0.2) is 32.4 Å². The Balaban J connectivity index is 0.00000361. The number of hydrogen-bond acceptors (Lipinski definition) is 4. The summed E-state index contributed by atoms with van der Waals surface area (Å²) in [5.41, 5.74) is 5.96. The van der Waals surface area contributed by atoms with E-state index in [9.17, 15) is 8.42 Å². The highest BCUT2D eigenvalue weighted by Crippen LogP contribution is 2.27. The molecular formula is C13H25ClN2O2S2. The van der Waals surface area contributed by atoms with Gasteiger partial charge in [0.05, 0.1) is 4.90 Å². The van der Waals surface area contributed by atoms with Crippen molar-refractivity contribution in [3.8, 4) is 0 Å². The molecule has 1 atom stereocenters. The van der Waals surface area contributed by atoms with Gasteiger partial charge in [0, 0.05) is 29.4 Å². The van der Waals surface area contributed by atoms with Crippen LogP contribution in [0.4, 0.5) is 0 Å². The maximum absolute atomic E-state index is 12.4. The summed E-state index contributed by atoms with van der Waals surface area (Å²) < 4.78 is 26.3. The van der Waals surface area contributed by atoms with Crippen molar-refractivity contribution in [3.05, 3.63) is 15.8 Å². The molecule has 0 fully saturated rings. The average molecular weight is 341 g/mol. The van der Waals surface area contributed by atoms with Crippen molar-refractivity contribution in [2.45, 2.75) is 45.1 Å². The van der Waals surface area contributed by atoms with Gasteiger partial charge in [-0.25, -0.2) is 12.7 Å². The summed E-state index contributed by atoms with van der Waals surface area (Å²) in [6.45, 7) is 8.32. The van der Waals surface area contributed by atoms with E-state index in [2.05, 4.69) is 0 Å². The second-order valence-corrected chi connectivity index (χ2v) is 8.77. The first kappa shape index (κ1) is 19.9. The van der Waals surface area contributed by atoms with Crippen LogP contribution < -0.4 is 5.73 Å². The molecule has 0 spiro atoms. The second-order valence-electron chi connectivity index (χ2n) is 5.30. The second kappa shape index (κ2) is 7.75. The molecule has 0 radical (unpaired) electrons. The molecular weight excluding hydrogens is 316 g/mol. The monoisotopic (exact) mass is 340 g/mol. The summed E-state index contributed by atoms with van der Waals surface area (Å²) in [4.78, 5) is 2.29. The number of hydrogen-bond donors (Lipinski definition) is 1. The van der Waals surface area contributed by atoms with Gasteiger partial charge in [0.25, 0.3) is 0 Å². The number of nitrogens with zero attached hydrogens (tertiary/aromatic N) is 1. The topological polar surface area (TPSA) is 63.4 Å². The average Bonchev–Trinajstić information content (AvgIpc) is 2.65. The maximum Gasteiger partial charge on any atom is 0.243 e. The molecule has 1 heterocycles. The molecule has 1 aromatic rings. The number of aryl methyl sites for hydroxylation is 2. The molecule has 2 N–H and O–H groups in total. The summed E-state index contributed by atoms with van der Waals surface area (Å²) in [5, 5.41) is 0. The van der Waals surface area contributed by atoms with Crippen molar-refractivity contribution in [1.82, 2.24) is 4.31 Å². The van der Waals surface area contributed by atoms with Gasteiger partial charge in [-0.15, -0.1) is 23.7 Å². The molecule has 0 amide bonds. The van der Waals surface area contributed by atoms with E-state index in [4.69, 9.17) is 5.73 Å².